The van der Waals surface area contributed by atoms with Gasteiger partial charge in [0.15, 0.2) is 5.69 Å². The molecule has 2 amide bonds. The summed E-state index contributed by atoms with van der Waals surface area (Å²) in [6.07, 6.45) is 13.7. The van der Waals surface area contributed by atoms with Gasteiger partial charge in [0.05, 0.1) is 27.5 Å². The Hall–Kier alpha value is -2.42. The molecule has 2 heterocycles. The summed E-state index contributed by atoms with van der Waals surface area (Å²) < 4.78 is 1.16. The van der Waals surface area contributed by atoms with Gasteiger partial charge in [0.25, 0.3) is 11.8 Å². The largest absolute Gasteiger partial charge is 0.348 e. The number of benzene rings is 1. The number of carbonyl (C=O) groups excluding carboxylic acids is 3. The highest BCUT2D eigenvalue weighted by atomic mass is 35.5. The first-order valence-electron chi connectivity index (χ1n) is 13.8. The molecule has 0 atom stereocenters. The van der Waals surface area contributed by atoms with Crippen molar-refractivity contribution in [2.24, 2.45) is 0 Å². The van der Waals surface area contributed by atoms with Crippen molar-refractivity contribution in [3.05, 3.63) is 45.7 Å². The molecular formula is C28H39Cl2N5O3. The summed E-state index contributed by atoms with van der Waals surface area (Å²) in [7, 11) is 0. The van der Waals surface area contributed by atoms with Crippen molar-refractivity contribution in [3.8, 4) is 0 Å². The number of rotatable bonds is 14. The lowest BCUT2D eigenvalue weighted by Crippen LogP contribution is -2.43. The fraction of sp³-hybridized carbons (Fsp3) is 0.571. The van der Waals surface area contributed by atoms with Crippen LogP contribution in [-0.4, -0.2) is 46.6 Å². The van der Waals surface area contributed by atoms with E-state index in [1.807, 2.05) is 0 Å². The Bertz CT molecular complexity index is 1060. The molecule has 0 unspecified atom stereocenters. The molecule has 0 bridgehead atoms. The van der Waals surface area contributed by atoms with Gasteiger partial charge in [0.1, 0.15) is 0 Å². The predicted octanol–water partition coefficient (Wildman–Crippen LogP) is 6.49. The Kier molecular flexibility index (Phi) is 12.6. The smallest absolute Gasteiger partial charge is 0.274 e. The molecule has 10 heteroatoms. The van der Waals surface area contributed by atoms with E-state index in [1.165, 1.54) is 44.7 Å². The highest BCUT2D eigenvalue weighted by Gasteiger charge is 2.25. The number of carbonyl (C=O) groups is 3. The molecule has 1 aromatic carbocycles. The highest BCUT2D eigenvalue weighted by molar-refractivity contribution is 6.40. The van der Waals surface area contributed by atoms with Crippen LogP contribution in [0.2, 0.25) is 10.0 Å². The Morgan fingerprint density at radius 3 is 2.18 bits per heavy atom. The van der Waals surface area contributed by atoms with Crippen molar-refractivity contribution < 1.29 is 14.4 Å². The van der Waals surface area contributed by atoms with E-state index in [4.69, 9.17) is 23.2 Å². The maximum Gasteiger partial charge on any atom is 0.274 e. The lowest BCUT2D eigenvalue weighted by atomic mass is 10.1. The summed E-state index contributed by atoms with van der Waals surface area (Å²) in [4.78, 5) is 39.0. The topological polar surface area (TPSA) is 105 Å². The molecule has 38 heavy (non-hydrogen) atoms. The number of nitrogens with one attached hydrogen (secondary N) is 3. The van der Waals surface area contributed by atoms with E-state index < -0.39 is 11.8 Å². The first kappa shape index (κ1) is 30.1. The number of piperidine rings is 1. The monoisotopic (exact) mass is 563 g/mol. The zero-order valence-electron chi connectivity index (χ0n) is 22.2. The summed E-state index contributed by atoms with van der Waals surface area (Å²) >= 11 is 12.4. The van der Waals surface area contributed by atoms with Gasteiger partial charge in [-0.25, -0.2) is 4.68 Å². The Balaban J connectivity index is 1.65. The second-order valence-electron chi connectivity index (χ2n) is 9.86. The average molecular weight is 565 g/mol. The van der Waals surface area contributed by atoms with Crippen molar-refractivity contribution in [2.45, 2.75) is 90.0 Å². The number of amides is 2. The third kappa shape index (κ3) is 9.10. The van der Waals surface area contributed by atoms with Crippen LogP contribution in [0.25, 0.3) is 0 Å². The van der Waals surface area contributed by atoms with Gasteiger partial charge < -0.3 is 16.0 Å². The lowest BCUT2D eigenvalue weighted by molar-refractivity contribution is 0.0879. The van der Waals surface area contributed by atoms with E-state index in [1.54, 1.807) is 18.2 Å². The van der Waals surface area contributed by atoms with E-state index in [9.17, 15) is 14.4 Å². The summed E-state index contributed by atoms with van der Waals surface area (Å²) in [6, 6.07) is 4.76. The number of hydrogen-bond acceptors (Lipinski definition) is 5. The molecule has 2 aromatic rings. The van der Waals surface area contributed by atoms with Crippen LogP contribution in [0.4, 0.5) is 5.69 Å². The fourth-order valence-corrected chi connectivity index (χ4v) is 5.15. The highest BCUT2D eigenvalue weighted by Crippen LogP contribution is 2.26. The molecule has 0 radical (unpaired) electrons. The summed E-state index contributed by atoms with van der Waals surface area (Å²) in [5, 5.41) is 13.6. The standard InChI is InChI=1S/C28H39Cl2N5O3/c1-2-3-4-5-6-7-8-9-10-14-24(36)35-19-23(33-27(37)25-21(29)12-11-13-22(25)30)26(34-35)28(38)32-20-15-17-31-18-16-20/h11-13,19-20,31H,2-10,14-18H2,1H3,(H,32,38)(H,33,37). The molecule has 0 aliphatic carbocycles. The maximum absolute atomic E-state index is 13.1. The number of nitrogens with zero attached hydrogens (tertiary/aromatic N) is 2. The first-order chi connectivity index (χ1) is 18.4. The number of hydrogen-bond donors (Lipinski definition) is 3. The van der Waals surface area contributed by atoms with Crippen LogP contribution in [0.3, 0.4) is 0 Å². The minimum Gasteiger partial charge on any atom is -0.348 e. The summed E-state index contributed by atoms with van der Waals surface area (Å²) in [5.74, 6) is -1.24. The van der Waals surface area contributed by atoms with E-state index in [2.05, 4.69) is 28.0 Å². The number of anilines is 1. The van der Waals surface area contributed by atoms with Crippen LogP contribution >= 0.6 is 23.2 Å². The van der Waals surface area contributed by atoms with Crippen molar-refractivity contribution in [1.82, 2.24) is 20.4 Å². The van der Waals surface area contributed by atoms with Crippen molar-refractivity contribution in [3.63, 3.8) is 0 Å². The van der Waals surface area contributed by atoms with Gasteiger partial charge in [0, 0.05) is 12.5 Å². The number of halogens is 2. The first-order valence-corrected chi connectivity index (χ1v) is 14.6. The minimum atomic E-state index is -0.581. The second-order valence-corrected chi connectivity index (χ2v) is 10.7. The van der Waals surface area contributed by atoms with Crippen molar-refractivity contribution >= 4 is 46.6 Å². The van der Waals surface area contributed by atoms with Gasteiger partial charge in [-0.1, -0.05) is 87.6 Å². The molecule has 3 rings (SSSR count). The summed E-state index contributed by atoms with van der Waals surface area (Å²) in [6.45, 7) is 3.84. The number of aromatic nitrogens is 2. The second kappa shape index (κ2) is 15.9. The van der Waals surface area contributed by atoms with Crippen LogP contribution in [0, 0.1) is 0 Å². The van der Waals surface area contributed by atoms with Gasteiger partial charge in [0.2, 0.25) is 5.91 Å². The van der Waals surface area contributed by atoms with Gasteiger partial charge in [-0.05, 0) is 44.5 Å². The van der Waals surface area contributed by atoms with Crippen molar-refractivity contribution in [2.75, 3.05) is 18.4 Å². The molecule has 3 N–H and O–H groups in total. The van der Waals surface area contributed by atoms with Crippen molar-refractivity contribution in [1.29, 1.82) is 0 Å². The van der Waals surface area contributed by atoms with Crippen LogP contribution < -0.4 is 16.0 Å². The zero-order valence-corrected chi connectivity index (χ0v) is 23.7. The molecule has 8 nitrogen and oxygen atoms in total. The van der Waals surface area contributed by atoms with E-state index in [-0.39, 0.29) is 38.9 Å². The molecule has 1 fully saturated rings. The van der Waals surface area contributed by atoms with E-state index >= 15 is 0 Å². The minimum absolute atomic E-state index is 0.00635. The van der Waals surface area contributed by atoms with Crippen LogP contribution in [-0.2, 0) is 0 Å². The fourth-order valence-electron chi connectivity index (χ4n) is 4.58. The molecule has 0 spiro atoms. The molecule has 0 saturated carbocycles. The van der Waals surface area contributed by atoms with Gasteiger partial charge in [-0.2, -0.15) is 5.10 Å². The summed E-state index contributed by atoms with van der Waals surface area (Å²) in [5.41, 5.74) is 0.215. The Morgan fingerprint density at radius 2 is 1.55 bits per heavy atom. The predicted molar refractivity (Wildman–Crippen MR) is 152 cm³/mol. The molecule has 1 aliphatic heterocycles. The van der Waals surface area contributed by atoms with E-state index in [0.29, 0.717) is 6.42 Å². The zero-order chi connectivity index (χ0) is 27.3. The SMILES string of the molecule is CCCCCCCCCCCC(=O)n1cc(NC(=O)c2c(Cl)cccc2Cl)c(C(=O)NC2CCNCC2)n1. The van der Waals surface area contributed by atoms with Gasteiger partial charge in [-0.3, -0.25) is 14.4 Å². The van der Waals surface area contributed by atoms with E-state index in [0.717, 1.165) is 49.9 Å². The normalized spacial score (nSPS) is 13.9. The maximum atomic E-state index is 13.1. The Morgan fingerprint density at radius 1 is 0.947 bits per heavy atom. The third-order valence-electron chi connectivity index (χ3n) is 6.79. The van der Waals surface area contributed by atoms with Crippen LogP contribution in [0.15, 0.2) is 24.4 Å². The average Bonchev–Trinajstić information content (AvgIpc) is 3.32. The lowest BCUT2D eigenvalue weighted by Gasteiger charge is -2.23. The van der Waals surface area contributed by atoms with Crippen LogP contribution in [0.5, 0.6) is 0 Å². The van der Waals surface area contributed by atoms with Gasteiger partial charge in [-0.15, -0.1) is 0 Å². The molecule has 208 valence electrons. The third-order valence-corrected chi connectivity index (χ3v) is 7.42. The molecule has 1 aromatic heterocycles. The quantitative estimate of drug-likeness (QED) is 0.228. The number of unbranched alkanes of at least 4 members (excludes halogenated alkanes) is 8. The van der Waals surface area contributed by atoms with Gasteiger partial charge >= 0.3 is 0 Å². The Labute approximate surface area is 235 Å². The molecular weight excluding hydrogens is 525 g/mol. The molecule has 1 saturated heterocycles. The molecule has 1 aliphatic rings. The van der Waals surface area contributed by atoms with Crippen LogP contribution in [0.1, 0.15) is 110 Å².